The Kier molecular flexibility index (Phi) is 11.0. The van der Waals surface area contributed by atoms with Gasteiger partial charge in [0.25, 0.3) is 10.1 Å². The molecule has 14 heteroatoms. The number of hydrogen-bond acceptors (Lipinski definition) is 9. The summed E-state index contributed by atoms with van der Waals surface area (Å²) in [6, 6.07) is 19.1. The Morgan fingerprint density at radius 1 is 1.06 bits per heavy atom. The Labute approximate surface area is 274 Å². The van der Waals surface area contributed by atoms with Gasteiger partial charge in [-0.15, -0.1) is 0 Å². The number of imidazole rings is 1. The maximum Gasteiger partial charge on any atom is 0.319 e. The highest BCUT2D eigenvalue weighted by Crippen LogP contribution is 2.29. The van der Waals surface area contributed by atoms with Crippen molar-refractivity contribution in [2.24, 2.45) is 12.8 Å². The van der Waals surface area contributed by atoms with Gasteiger partial charge in [0.05, 0.1) is 36.1 Å². The van der Waals surface area contributed by atoms with Crippen LogP contribution in [0.5, 0.6) is 0 Å². The molecule has 1 saturated heterocycles. The van der Waals surface area contributed by atoms with Crippen molar-refractivity contribution >= 4 is 44.6 Å². The van der Waals surface area contributed by atoms with Crippen LogP contribution in [0.1, 0.15) is 42.3 Å². The molecule has 4 aromatic rings. The zero-order chi connectivity index (χ0) is 34.4. The summed E-state index contributed by atoms with van der Waals surface area (Å²) in [7, 11) is -0.736. The highest BCUT2D eigenvalue weighted by molar-refractivity contribution is 7.85. The smallest absolute Gasteiger partial charge is 0.319 e. The van der Waals surface area contributed by atoms with Crippen LogP contribution in [0, 0.1) is 12.3 Å². The van der Waals surface area contributed by atoms with Crippen LogP contribution in [-0.4, -0.2) is 71.9 Å². The van der Waals surface area contributed by atoms with Crippen LogP contribution in [0.2, 0.25) is 0 Å². The van der Waals surface area contributed by atoms with Crippen molar-refractivity contribution in [3.63, 3.8) is 0 Å². The molecule has 0 bridgehead atoms. The molecule has 1 aliphatic rings. The van der Waals surface area contributed by atoms with Crippen molar-refractivity contribution in [3.8, 4) is 0 Å². The number of amides is 1. The van der Waals surface area contributed by atoms with Crippen molar-refractivity contribution in [3.05, 3.63) is 89.2 Å². The van der Waals surface area contributed by atoms with E-state index in [4.69, 9.17) is 25.4 Å². The summed E-state index contributed by atoms with van der Waals surface area (Å²) in [5.41, 5.74) is 9.39. The summed E-state index contributed by atoms with van der Waals surface area (Å²) in [4.78, 5) is 32.0. The normalized spacial score (nSPS) is 14.2. The number of anilines is 1. The number of nitrogens with one attached hydrogen (secondary N) is 3. The van der Waals surface area contributed by atoms with Crippen molar-refractivity contribution in [1.82, 2.24) is 19.8 Å². The molecule has 1 fully saturated rings. The minimum atomic E-state index is -4.02. The minimum Gasteiger partial charge on any atom is -0.468 e. The van der Waals surface area contributed by atoms with E-state index in [9.17, 15) is 18.0 Å². The van der Waals surface area contributed by atoms with Crippen LogP contribution in [0.3, 0.4) is 0 Å². The quantitative estimate of drug-likeness (QED) is 0.0728. The number of carbonyl (C=O) groups excluding carboxylic acids is 2. The molecule has 0 saturated carbocycles. The number of nitrogen functional groups attached to an aromatic ring is 1. The summed E-state index contributed by atoms with van der Waals surface area (Å²) >= 11 is 0. The van der Waals surface area contributed by atoms with Gasteiger partial charge in [0.2, 0.25) is 5.91 Å². The maximum absolute atomic E-state index is 13.6. The molecule has 5 rings (SSSR count). The lowest BCUT2D eigenvalue weighted by Gasteiger charge is -2.33. The van der Waals surface area contributed by atoms with Gasteiger partial charge in [0, 0.05) is 31.4 Å². The number of nitrogens with two attached hydrogens (primary N) is 1. The predicted molar refractivity (Wildman–Crippen MR) is 180 cm³/mol. The molecular weight excluding hydrogens is 622 g/mol. The minimum absolute atomic E-state index is 0.0315. The van der Waals surface area contributed by atoms with E-state index < -0.39 is 21.6 Å². The molecule has 47 heavy (non-hydrogen) atoms. The van der Waals surface area contributed by atoms with Gasteiger partial charge in [-0.25, -0.2) is 4.98 Å². The topological polar surface area (TPSA) is 193 Å². The molecule has 0 aliphatic carbocycles. The predicted octanol–water partition coefficient (Wildman–Crippen LogP) is 3.31. The van der Waals surface area contributed by atoms with Gasteiger partial charge in [0.1, 0.15) is 17.2 Å². The third kappa shape index (κ3) is 8.52. The molecule has 250 valence electrons. The van der Waals surface area contributed by atoms with Crippen LogP contribution >= 0.6 is 0 Å². The van der Waals surface area contributed by atoms with Gasteiger partial charge in [-0.05, 0) is 80.8 Å². The van der Waals surface area contributed by atoms with Crippen LogP contribution in [-0.2, 0) is 43.6 Å². The molecule has 0 unspecified atom stereocenters. The lowest BCUT2D eigenvalue weighted by Crippen LogP contribution is -2.54. The van der Waals surface area contributed by atoms with Crippen LogP contribution in [0.4, 0.5) is 5.69 Å². The molecule has 1 atom stereocenters. The van der Waals surface area contributed by atoms with Gasteiger partial charge in [-0.1, -0.05) is 23.8 Å². The first kappa shape index (κ1) is 35.1. The Balaban J connectivity index is 0.000000385. The number of benzene rings is 3. The Bertz CT molecular complexity index is 1850. The van der Waals surface area contributed by atoms with E-state index in [1.54, 1.807) is 24.3 Å². The number of amidine groups is 1. The lowest BCUT2D eigenvalue weighted by molar-refractivity contribution is -0.141. The second-order valence-corrected chi connectivity index (χ2v) is 12.9. The molecular formula is C33H41N7O6S. The van der Waals surface area contributed by atoms with E-state index in [2.05, 4.69) is 10.6 Å². The summed E-state index contributed by atoms with van der Waals surface area (Å²) < 4.78 is 36.4. The molecule has 13 nitrogen and oxygen atoms in total. The molecule has 3 aromatic carbocycles. The molecule has 0 spiro atoms. The summed E-state index contributed by atoms with van der Waals surface area (Å²) in [5, 5.41) is 14.0. The molecule has 2 heterocycles. The Morgan fingerprint density at radius 3 is 2.28 bits per heavy atom. The number of fused-ring (bicyclic) bond motifs is 1. The number of aromatic nitrogens is 2. The second kappa shape index (κ2) is 14.8. The molecule has 6 N–H and O–H groups in total. The van der Waals surface area contributed by atoms with E-state index in [0.29, 0.717) is 25.2 Å². The number of esters is 1. The molecule has 1 aromatic heterocycles. The standard InChI is InChI=1S/C26H33N7O3.C7H8O3S/c1-26(30-16-23(34)36-3,25(35)33-12-4-5-13-33)18-8-11-21-20(14-18)31-22(32(21)2)15-29-19-9-6-17(7-10-19)24(27)28;1-6-2-4-7(5-3-6)11(8,9)10/h6-11,14,29-30H,4-5,12-13,15-16H2,1-3H3,(H3,27,28);2-5H,1H3,(H,8,9,10)/t26-;/m1./s1. The zero-order valence-electron chi connectivity index (χ0n) is 26.9. The number of ether oxygens (including phenoxy) is 1. The third-order valence-electron chi connectivity index (χ3n) is 8.15. The van der Waals surface area contributed by atoms with E-state index in [1.807, 2.05) is 60.7 Å². The van der Waals surface area contributed by atoms with Gasteiger partial charge < -0.3 is 25.3 Å². The number of rotatable bonds is 10. The average Bonchev–Trinajstić information content (AvgIpc) is 3.70. The van der Waals surface area contributed by atoms with Gasteiger partial charge in [-0.3, -0.25) is 24.9 Å². The fourth-order valence-corrected chi connectivity index (χ4v) is 5.72. The van der Waals surface area contributed by atoms with Gasteiger partial charge in [-0.2, -0.15) is 8.42 Å². The number of likely N-dealkylation sites (tertiary alicyclic amines) is 1. The van der Waals surface area contributed by atoms with E-state index in [-0.39, 0.29) is 23.2 Å². The highest BCUT2D eigenvalue weighted by atomic mass is 32.2. The summed E-state index contributed by atoms with van der Waals surface area (Å²) in [6.07, 6.45) is 1.96. The molecule has 1 amide bonds. The number of aryl methyl sites for hydroxylation is 2. The number of carbonyl (C=O) groups is 2. The number of nitrogens with zero attached hydrogens (tertiary/aromatic N) is 3. The van der Waals surface area contributed by atoms with Gasteiger partial charge >= 0.3 is 5.97 Å². The lowest BCUT2D eigenvalue weighted by atomic mass is 9.89. The maximum atomic E-state index is 13.6. The van der Waals surface area contributed by atoms with Crippen LogP contribution in [0.25, 0.3) is 11.0 Å². The van der Waals surface area contributed by atoms with Crippen molar-refractivity contribution < 1.29 is 27.3 Å². The van der Waals surface area contributed by atoms with Crippen molar-refractivity contribution in [2.45, 2.75) is 43.7 Å². The second-order valence-electron chi connectivity index (χ2n) is 11.5. The number of methoxy groups -OCH3 is 1. The zero-order valence-corrected chi connectivity index (χ0v) is 27.7. The van der Waals surface area contributed by atoms with Crippen molar-refractivity contribution in [2.75, 3.05) is 32.1 Å². The Hall–Kier alpha value is -4.79. The van der Waals surface area contributed by atoms with E-state index in [0.717, 1.165) is 46.5 Å². The average molecular weight is 664 g/mol. The first-order valence-corrected chi connectivity index (χ1v) is 16.5. The van der Waals surface area contributed by atoms with Crippen LogP contribution < -0.4 is 16.4 Å². The number of hydrogen-bond donors (Lipinski definition) is 5. The first-order chi connectivity index (χ1) is 22.2. The highest BCUT2D eigenvalue weighted by Gasteiger charge is 2.39. The molecule has 1 aliphatic heterocycles. The SMILES string of the molecule is COC(=O)CN[C@@](C)(C(=O)N1CCCC1)c1ccc2c(c1)nc(CNc1ccc(C(=N)N)cc1)n2C.Cc1ccc(S(=O)(=O)O)cc1. The Morgan fingerprint density at radius 2 is 1.70 bits per heavy atom. The van der Waals surface area contributed by atoms with Gasteiger partial charge in [0.15, 0.2) is 0 Å². The summed E-state index contributed by atoms with van der Waals surface area (Å²) in [6.45, 7) is 5.49. The monoisotopic (exact) mass is 663 g/mol. The van der Waals surface area contributed by atoms with E-state index in [1.165, 1.54) is 19.2 Å². The third-order valence-corrected chi connectivity index (χ3v) is 9.02. The van der Waals surface area contributed by atoms with Crippen molar-refractivity contribution in [1.29, 1.82) is 5.41 Å². The first-order valence-electron chi connectivity index (χ1n) is 15.0. The van der Waals surface area contributed by atoms with Crippen LogP contribution in [0.15, 0.2) is 71.6 Å². The van der Waals surface area contributed by atoms with E-state index >= 15 is 0 Å². The largest absolute Gasteiger partial charge is 0.468 e. The summed E-state index contributed by atoms with van der Waals surface area (Å²) in [5.74, 6) is 0.367. The fourth-order valence-electron chi connectivity index (χ4n) is 5.24. The fraction of sp³-hybridized carbons (Fsp3) is 0.333. The molecule has 0 radical (unpaired) electrons.